The fourth-order valence-corrected chi connectivity index (χ4v) is 3.70. The van der Waals surface area contributed by atoms with Crippen LogP contribution in [0.5, 0.6) is 5.75 Å². The van der Waals surface area contributed by atoms with E-state index in [4.69, 9.17) is 9.47 Å². The third-order valence-electron chi connectivity index (χ3n) is 5.03. The van der Waals surface area contributed by atoms with Gasteiger partial charge in [0.2, 0.25) is 0 Å². The predicted octanol–water partition coefficient (Wildman–Crippen LogP) is 4.26. The minimum absolute atomic E-state index is 0.310. The second-order valence-electron chi connectivity index (χ2n) is 6.82. The fourth-order valence-electron chi connectivity index (χ4n) is 3.70. The van der Waals surface area contributed by atoms with Crippen LogP contribution in [-0.4, -0.2) is 25.9 Å². The van der Waals surface area contributed by atoms with E-state index in [0.29, 0.717) is 12.2 Å². The van der Waals surface area contributed by atoms with Crippen LogP contribution in [0.2, 0.25) is 0 Å². The number of nitrogens with one attached hydrogen (secondary N) is 2. The number of dihydropyridines is 1. The van der Waals surface area contributed by atoms with Gasteiger partial charge in [-0.25, -0.2) is 4.79 Å². The number of nitrogens with zero attached hydrogens (tertiary/aromatic N) is 1. The lowest BCUT2D eigenvalue weighted by atomic mass is 9.81. The molecule has 2 heterocycles. The molecule has 6 heteroatoms. The number of methoxy groups -OCH3 is 1. The lowest BCUT2D eigenvalue weighted by Gasteiger charge is -2.31. The van der Waals surface area contributed by atoms with Crippen LogP contribution in [0.15, 0.2) is 76.2 Å². The average molecular weight is 389 g/mol. The number of rotatable bonds is 4. The quantitative estimate of drug-likeness (QED) is 0.765. The average Bonchev–Trinajstić information content (AvgIpc) is 2.91. The summed E-state index contributed by atoms with van der Waals surface area (Å²) in [5.41, 5.74) is 4.85. The Morgan fingerprint density at radius 2 is 1.97 bits per heavy atom. The summed E-state index contributed by atoms with van der Waals surface area (Å²) in [6, 6.07) is 15.6. The Kier molecular flexibility index (Phi) is 5.08. The van der Waals surface area contributed by atoms with Gasteiger partial charge in [-0.2, -0.15) is 0 Å². The van der Waals surface area contributed by atoms with E-state index in [1.165, 1.54) is 0 Å². The lowest BCUT2D eigenvalue weighted by molar-refractivity contribution is -0.138. The second kappa shape index (κ2) is 7.83. The van der Waals surface area contributed by atoms with Crippen molar-refractivity contribution >= 4 is 23.6 Å². The van der Waals surface area contributed by atoms with Crippen molar-refractivity contribution in [2.24, 2.45) is 4.99 Å². The number of esters is 1. The molecule has 1 atom stereocenters. The molecule has 2 aromatic carbocycles. The number of fused-ring (bicyclic) bond motifs is 1. The molecule has 2 N–H and O–H groups in total. The van der Waals surface area contributed by atoms with Gasteiger partial charge in [0.25, 0.3) is 0 Å². The largest absolute Gasteiger partial charge is 0.497 e. The number of ether oxygens (including phenoxy) is 2. The Bertz CT molecular complexity index is 1050. The number of para-hydroxylation sites is 2. The first-order valence-electron chi connectivity index (χ1n) is 9.55. The molecule has 0 bridgehead atoms. The van der Waals surface area contributed by atoms with Gasteiger partial charge in [-0.3, -0.25) is 4.99 Å². The molecule has 0 aromatic heterocycles. The maximum atomic E-state index is 12.9. The summed E-state index contributed by atoms with van der Waals surface area (Å²) < 4.78 is 10.8. The maximum absolute atomic E-state index is 12.9. The number of hydrogen-bond donors (Lipinski definition) is 2. The molecule has 0 aliphatic carbocycles. The number of carbonyl (C=O) groups excluding carboxylic acids is 1. The number of anilines is 1. The van der Waals surface area contributed by atoms with Crippen LogP contribution in [0.3, 0.4) is 0 Å². The van der Waals surface area contributed by atoms with Gasteiger partial charge in [-0.1, -0.05) is 24.3 Å². The van der Waals surface area contributed by atoms with E-state index in [-0.39, 0.29) is 11.9 Å². The first-order valence-corrected chi connectivity index (χ1v) is 9.55. The summed E-state index contributed by atoms with van der Waals surface area (Å²) in [6.45, 7) is 4.00. The summed E-state index contributed by atoms with van der Waals surface area (Å²) in [5.74, 6) is 0.848. The highest BCUT2D eigenvalue weighted by Crippen LogP contribution is 2.41. The monoisotopic (exact) mass is 389 g/mol. The van der Waals surface area contributed by atoms with E-state index in [1.807, 2.05) is 61.7 Å². The second-order valence-corrected chi connectivity index (χ2v) is 6.82. The summed E-state index contributed by atoms with van der Waals surface area (Å²) in [6.07, 6.45) is 1.82. The van der Waals surface area contributed by atoms with Crippen molar-refractivity contribution in [2.75, 3.05) is 19.0 Å². The van der Waals surface area contributed by atoms with Gasteiger partial charge in [0.15, 0.2) is 0 Å². The molecule has 29 heavy (non-hydrogen) atoms. The Labute approximate surface area is 169 Å². The molecule has 4 rings (SSSR count). The van der Waals surface area contributed by atoms with Crippen LogP contribution in [0.25, 0.3) is 0 Å². The molecule has 0 spiro atoms. The summed E-state index contributed by atoms with van der Waals surface area (Å²) in [4.78, 5) is 17.5. The van der Waals surface area contributed by atoms with Crippen LogP contribution < -0.4 is 15.4 Å². The van der Waals surface area contributed by atoms with E-state index in [2.05, 4.69) is 15.6 Å². The van der Waals surface area contributed by atoms with E-state index < -0.39 is 0 Å². The summed E-state index contributed by atoms with van der Waals surface area (Å²) in [5, 5.41) is 6.78. The fraction of sp³-hybridized carbons (Fsp3) is 0.217. The lowest BCUT2D eigenvalue weighted by Crippen LogP contribution is -2.33. The zero-order chi connectivity index (χ0) is 20.4. The van der Waals surface area contributed by atoms with E-state index in [1.54, 1.807) is 14.0 Å². The van der Waals surface area contributed by atoms with Crippen LogP contribution in [0, 0.1) is 0 Å². The van der Waals surface area contributed by atoms with Crippen molar-refractivity contribution in [3.63, 3.8) is 0 Å². The van der Waals surface area contributed by atoms with Gasteiger partial charge in [-0.15, -0.1) is 0 Å². The van der Waals surface area contributed by atoms with Crippen molar-refractivity contribution < 1.29 is 14.3 Å². The number of allylic oxidation sites excluding steroid dienone is 2. The minimum atomic E-state index is -0.342. The highest BCUT2D eigenvalue weighted by Gasteiger charge is 2.35. The number of hydrogen-bond acceptors (Lipinski definition) is 6. The smallest absolute Gasteiger partial charge is 0.336 e. The first-order chi connectivity index (χ1) is 14.1. The minimum Gasteiger partial charge on any atom is -0.497 e. The van der Waals surface area contributed by atoms with Gasteiger partial charge >= 0.3 is 5.97 Å². The number of benzene rings is 2. The van der Waals surface area contributed by atoms with Crippen molar-refractivity contribution in [3.8, 4) is 5.75 Å². The van der Waals surface area contributed by atoms with Crippen molar-refractivity contribution in [3.05, 3.63) is 76.8 Å². The normalized spacial score (nSPS) is 17.6. The SMILES string of the molecule is CCOC(=O)C1=C(C)NC2=C(C=Nc3ccccc3N2)[C@@H]1c1cccc(OC)c1. The molecule has 0 fully saturated rings. The number of aliphatic imine (C=N–C) groups is 1. The molecule has 0 radical (unpaired) electrons. The van der Waals surface area contributed by atoms with E-state index in [9.17, 15) is 4.79 Å². The topological polar surface area (TPSA) is 72.0 Å². The third kappa shape index (κ3) is 3.49. The highest BCUT2D eigenvalue weighted by molar-refractivity contribution is 5.98. The molecule has 0 saturated carbocycles. The molecule has 0 saturated heterocycles. The molecule has 0 unspecified atom stereocenters. The van der Waals surface area contributed by atoms with Crippen LogP contribution >= 0.6 is 0 Å². The zero-order valence-electron chi connectivity index (χ0n) is 16.7. The van der Waals surface area contributed by atoms with Crippen molar-refractivity contribution in [1.29, 1.82) is 0 Å². The molecule has 6 nitrogen and oxygen atoms in total. The van der Waals surface area contributed by atoms with Gasteiger partial charge in [0.05, 0.1) is 30.7 Å². The maximum Gasteiger partial charge on any atom is 0.336 e. The zero-order valence-corrected chi connectivity index (χ0v) is 16.7. The Morgan fingerprint density at radius 1 is 1.14 bits per heavy atom. The molecular weight excluding hydrogens is 366 g/mol. The Balaban J connectivity index is 1.87. The van der Waals surface area contributed by atoms with Crippen LogP contribution in [-0.2, 0) is 9.53 Å². The predicted molar refractivity (Wildman–Crippen MR) is 113 cm³/mol. The molecule has 0 amide bonds. The van der Waals surface area contributed by atoms with E-state index >= 15 is 0 Å². The Hall–Kier alpha value is -3.54. The summed E-state index contributed by atoms with van der Waals surface area (Å²) >= 11 is 0. The Morgan fingerprint density at radius 3 is 2.76 bits per heavy atom. The van der Waals surface area contributed by atoms with Crippen molar-refractivity contribution in [1.82, 2.24) is 5.32 Å². The third-order valence-corrected chi connectivity index (χ3v) is 5.03. The molecular formula is C23H23N3O3. The summed E-state index contributed by atoms with van der Waals surface area (Å²) in [7, 11) is 1.63. The highest BCUT2D eigenvalue weighted by atomic mass is 16.5. The molecule has 2 aliphatic rings. The van der Waals surface area contributed by atoms with Gasteiger partial charge in [0.1, 0.15) is 11.6 Å². The van der Waals surface area contributed by atoms with Gasteiger partial charge in [0, 0.05) is 23.4 Å². The molecule has 2 aromatic rings. The molecule has 2 aliphatic heterocycles. The first kappa shape index (κ1) is 18.8. The van der Waals surface area contributed by atoms with Crippen molar-refractivity contribution in [2.45, 2.75) is 19.8 Å². The van der Waals surface area contributed by atoms with Gasteiger partial charge in [-0.05, 0) is 43.7 Å². The standard InChI is InChI=1S/C23H23N3O3/c1-4-29-23(27)20-14(2)25-22-17(13-24-18-10-5-6-11-19(18)26-22)21(20)15-8-7-9-16(12-15)28-3/h5-13,21,25-26H,4H2,1-3H3/t21-/m0/s1. The van der Waals surface area contributed by atoms with E-state index in [0.717, 1.165) is 39.8 Å². The van der Waals surface area contributed by atoms with Crippen LogP contribution in [0.1, 0.15) is 25.3 Å². The van der Waals surface area contributed by atoms with Crippen LogP contribution in [0.4, 0.5) is 11.4 Å². The molecule has 148 valence electrons. The number of carbonyl (C=O) groups is 1. The van der Waals surface area contributed by atoms with Gasteiger partial charge < -0.3 is 20.1 Å².